The molecule has 0 amide bonds. The fraction of sp³-hybridized carbons (Fsp3) is 0.667. The summed E-state index contributed by atoms with van der Waals surface area (Å²) < 4.78 is 5.60. The largest absolute Gasteiger partial charge is 0.494 e. The molecule has 0 aromatic heterocycles. The number of piperidine rings is 1. The minimum Gasteiger partial charge on any atom is -0.494 e. The molecule has 1 N–H and O–H groups in total. The first-order valence-corrected chi connectivity index (χ1v) is 8.21. The van der Waals surface area contributed by atoms with Crippen molar-refractivity contribution in [1.29, 1.82) is 0 Å². The molecule has 0 radical (unpaired) electrons. The molecule has 0 spiro atoms. The molecule has 1 aliphatic rings. The normalized spacial score (nSPS) is 18.5. The van der Waals surface area contributed by atoms with Gasteiger partial charge >= 0.3 is 0 Å². The molecule has 118 valence electrons. The predicted octanol–water partition coefficient (Wildman–Crippen LogP) is 3.77. The van der Waals surface area contributed by atoms with Crippen molar-refractivity contribution < 1.29 is 9.84 Å². The molecule has 0 bridgehead atoms. The highest BCUT2D eigenvalue weighted by Gasteiger charge is 2.35. The minimum absolute atomic E-state index is 0.230. The van der Waals surface area contributed by atoms with E-state index in [1.807, 2.05) is 24.3 Å². The Hall–Kier alpha value is -1.06. The molecule has 2 rings (SSSR count). The number of aliphatic hydroxyl groups excluding tert-OH is 1. The van der Waals surface area contributed by atoms with Gasteiger partial charge in [-0.15, -0.1) is 0 Å². The number of likely N-dealkylation sites (tertiary alicyclic amines) is 1. The van der Waals surface area contributed by atoms with Crippen molar-refractivity contribution in [2.45, 2.75) is 58.1 Å². The van der Waals surface area contributed by atoms with E-state index in [2.05, 4.69) is 25.7 Å². The Morgan fingerprint density at radius 3 is 2.33 bits per heavy atom. The van der Waals surface area contributed by atoms with E-state index in [1.165, 1.54) is 19.3 Å². The van der Waals surface area contributed by atoms with Crippen LogP contribution in [0.4, 0.5) is 0 Å². The lowest BCUT2D eigenvalue weighted by atomic mass is 9.88. The zero-order valence-electron chi connectivity index (χ0n) is 13.6. The van der Waals surface area contributed by atoms with E-state index < -0.39 is 6.10 Å². The molecule has 0 saturated carbocycles. The third-order valence-electron chi connectivity index (χ3n) is 4.51. The summed E-state index contributed by atoms with van der Waals surface area (Å²) >= 11 is 0. The maximum atomic E-state index is 10.8. The lowest BCUT2D eigenvalue weighted by Crippen LogP contribution is -2.50. The molecule has 1 aliphatic heterocycles. The van der Waals surface area contributed by atoms with Crippen molar-refractivity contribution in [3.63, 3.8) is 0 Å². The van der Waals surface area contributed by atoms with Crippen LogP contribution in [0.1, 0.15) is 58.1 Å². The first-order valence-electron chi connectivity index (χ1n) is 8.21. The summed E-state index contributed by atoms with van der Waals surface area (Å²) in [5.74, 6) is 0.878. The van der Waals surface area contributed by atoms with Crippen LogP contribution in [0.25, 0.3) is 0 Å². The molecule has 1 saturated heterocycles. The molecule has 1 atom stereocenters. The van der Waals surface area contributed by atoms with Gasteiger partial charge in [-0.3, -0.25) is 4.90 Å². The van der Waals surface area contributed by atoms with Gasteiger partial charge in [-0.2, -0.15) is 0 Å². The van der Waals surface area contributed by atoms with Crippen LogP contribution in [-0.2, 0) is 0 Å². The molecule has 3 heteroatoms. The van der Waals surface area contributed by atoms with Gasteiger partial charge in [0.05, 0.1) is 12.7 Å². The van der Waals surface area contributed by atoms with Crippen LogP contribution in [-0.4, -0.2) is 35.2 Å². The van der Waals surface area contributed by atoms with Gasteiger partial charge in [0.25, 0.3) is 0 Å². The standard InChI is InChI=1S/C18H29NO2/c1-4-14-21-16-10-8-15(9-11-16)17(20)18(2,3)19-12-6-5-7-13-19/h8-11,17,20H,4-7,12-14H2,1-3H3. The summed E-state index contributed by atoms with van der Waals surface area (Å²) in [4.78, 5) is 2.42. The van der Waals surface area contributed by atoms with E-state index in [0.717, 1.165) is 37.4 Å². The van der Waals surface area contributed by atoms with Crippen LogP contribution >= 0.6 is 0 Å². The highest BCUT2D eigenvalue weighted by Crippen LogP contribution is 2.33. The zero-order valence-corrected chi connectivity index (χ0v) is 13.6. The van der Waals surface area contributed by atoms with E-state index in [0.29, 0.717) is 0 Å². The van der Waals surface area contributed by atoms with E-state index in [-0.39, 0.29) is 5.54 Å². The maximum absolute atomic E-state index is 10.8. The molecule has 3 nitrogen and oxygen atoms in total. The molecule has 0 aliphatic carbocycles. The van der Waals surface area contributed by atoms with Crippen molar-refractivity contribution >= 4 is 0 Å². The van der Waals surface area contributed by atoms with Crippen molar-refractivity contribution in [2.75, 3.05) is 19.7 Å². The van der Waals surface area contributed by atoms with Crippen LogP contribution in [0.15, 0.2) is 24.3 Å². The lowest BCUT2D eigenvalue weighted by Gasteiger charge is -2.44. The Morgan fingerprint density at radius 2 is 1.76 bits per heavy atom. The maximum Gasteiger partial charge on any atom is 0.119 e. The number of rotatable bonds is 6. The monoisotopic (exact) mass is 291 g/mol. The van der Waals surface area contributed by atoms with Crippen molar-refractivity contribution in [2.24, 2.45) is 0 Å². The third kappa shape index (κ3) is 3.98. The van der Waals surface area contributed by atoms with Gasteiger partial charge in [-0.25, -0.2) is 0 Å². The Morgan fingerprint density at radius 1 is 1.14 bits per heavy atom. The van der Waals surface area contributed by atoms with Gasteiger partial charge in [0.2, 0.25) is 0 Å². The predicted molar refractivity (Wildman–Crippen MR) is 86.7 cm³/mol. The fourth-order valence-corrected chi connectivity index (χ4v) is 3.02. The molecule has 1 heterocycles. The lowest BCUT2D eigenvalue weighted by molar-refractivity contribution is -0.0209. The minimum atomic E-state index is -0.476. The van der Waals surface area contributed by atoms with Crippen molar-refractivity contribution in [3.05, 3.63) is 29.8 Å². The van der Waals surface area contributed by atoms with Crippen LogP contribution < -0.4 is 4.74 Å². The quantitative estimate of drug-likeness (QED) is 0.866. The Balaban J connectivity index is 2.05. The second-order valence-electron chi connectivity index (χ2n) is 6.52. The number of ether oxygens (including phenoxy) is 1. The Labute approximate surface area is 128 Å². The fourth-order valence-electron chi connectivity index (χ4n) is 3.02. The molecule has 21 heavy (non-hydrogen) atoms. The topological polar surface area (TPSA) is 32.7 Å². The van der Waals surface area contributed by atoms with E-state index in [4.69, 9.17) is 4.74 Å². The van der Waals surface area contributed by atoms with E-state index >= 15 is 0 Å². The number of benzene rings is 1. The van der Waals surface area contributed by atoms with Gasteiger partial charge < -0.3 is 9.84 Å². The second-order valence-corrected chi connectivity index (χ2v) is 6.52. The molecular weight excluding hydrogens is 262 g/mol. The van der Waals surface area contributed by atoms with Gasteiger partial charge in [-0.05, 0) is 63.9 Å². The molecule has 1 fully saturated rings. The highest BCUT2D eigenvalue weighted by atomic mass is 16.5. The van der Waals surface area contributed by atoms with Crippen LogP contribution in [0.5, 0.6) is 5.75 Å². The number of hydrogen-bond donors (Lipinski definition) is 1. The van der Waals surface area contributed by atoms with E-state index in [1.54, 1.807) is 0 Å². The average Bonchev–Trinajstić information content (AvgIpc) is 2.53. The smallest absolute Gasteiger partial charge is 0.119 e. The van der Waals surface area contributed by atoms with Gasteiger partial charge in [-0.1, -0.05) is 25.5 Å². The Kier molecular flexibility index (Phi) is 5.65. The van der Waals surface area contributed by atoms with Crippen LogP contribution in [0, 0.1) is 0 Å². The van der Waals surface area contributed by atoms with E-state index in [9.17, 15) is 5.11 Å². The molecule has 1 aromatic carbocycles. The second kappa shape index (κ2) is 7.28. The molecule has 1 aromatic rings. The van der Waals surface area contributed by atoms with Gasteiger partial charge in [0.1, 0.15) is 5.75 Å². The van der Waals surface area contributed by atoms with Crippen molar-refractivity contribution in [1.82, 2.24) is 4.90 Å². The zero-order chi connectivity index (χ0) is 15.3. The first-order chi connectivity index (χ1) is 10.1. The molecule has 1 unspecified atom stereocenters. The first kappa shape index (κ1) is 16.3. The van der Waals surface area contributed by atoms with Gasteiger partial charge in [0.15, 0.2) is 0 Å². The van der Waals surface area contributed by atoms with Crippen LogP contribution in [0.2, 0.25) is 0 Å². The number of hydrogen-bond acceptors (Lipinski definition) is 3. The summed E-state index contributed by atoms with van der Waals surface area (Å²) in [7, 11) is 0. The summed E-state index contributed by atoms with van der Waals surface area (Å²) in [6.45, 7) is 9.29. The SMILES string of the molecule is CCCOc1ccc(C(O)C(C)(C)N2CCCCC2)cc1. The summed E-state index contributed by atoms with van der Waals surface area (Å²) in [6.07, 6.45) is 4.31. The average molecular weight is 291 g/mol. The van der Waals surface area contributed by atoms with Gasteiger partial charge in [0, 0.05) is 5.54 Å². The summed E-state index contributed by atoms with van der Waals surface area (Å²) in [5.41, 5.74) is 0.737. The highest BCUT2D eigenvalue weighted by molar-refractivity contribution is 5.30. The number of nitrogens with zero attached hydrogens (tertiary/aromatic N) is 1. The summed E-state index contributed by atoms with van der Waals surface area (Å²) in [6, 6.07) is 7.89. The molecular formula is C18H29NO2. The summed E-state index contributed by atoms with van der Waals surface area (Å²) in [5, 5.41) is 10.8. The van der Waals surface area contributed by atoms with Crippen LogP contribution in [0.3, 0.4) is 0 Å². The van der Waals surface area contributed by atoms with Crippen molar-refractivity contribution in [3.8, 4) is 5.75 Å². The third-order valence-corrected chi connectivity index (χ3v) is 4.51. The number of aliphatic hydroxyl groups is 1. The Bertz CT molecular complexity index is 421.